The van der Waals surface area contributed by atoms with E-state index in [9.17, 15) is 29.7 Å². The molecule has 0 rings (SSSR count). The van der Waals surface area contributed by atoms with Gasteiger partial charge in [0, 0.05) is 12.4 Å². The van der Waals surface area contributed by atoms with E-state index in [1.54, 1.807) is 0 Å². The topological polar surface area (TPSA) is 120 Å². The van der Waals surface area contributed by atoms with Gasteiger partial charge in [0.2, 0.25) is 0 Å². The van der Waals surface area contributed by atoms with Crippen LogP contribution in [0.3, 0.4) is 0 Å². The quantitative estimate of drug-likeness (QED) is 0.355. The van der Waals surface area contributed by atoms with Crippen molar-refractivity contribution in [3.05, 3.63) is 11.6 Å². The minimum Gasteiger partial charge on any atom is -0.550 e. The summed E-state index contributed by atoms with van der Waals surface area (Å²) < 4.78 is 0. The Hall–Kier alpha value is 1.15. The van der Waals surface area contributed by atoms with Gasteiger partial charge in [-0.05, 0) is 11.6 Å². The van der Waals surface area contributed by atoms with Crippen LogP contribution in [0.5, 0.6) is 0 Å². The molecule has 0 heterocycles. The zero-order valence-electron chi connectivity index (χ0n) is 8.73. The second kappa shape index (κ2) is 13.2. The molecular weight excluding hydrogens is 237 g/mol. The third kappa shape index (κ3) is 15.1. The zero-order chi connectivity index (χ0) is 9.72. The predicted octanol–water partition coefficient (Wildman–Crippen LogP) is -13.4. The van der Waals surface area contributed by atoms with Gasteiger partial charge in [-0.15, -0.1) is 0 Å². The van der Waals surface area contributed by atoms with Crippen LogP contribution in [0.1, 0.15) is 6.42 Å². The molecule has 0 bridgehead atoms. The van der Waals surface area contributed by atoms with Crippen molar-refractivity contribution in [3.63, 3.8) is 0 Å². The number of rotatable bonds is 4. The van der Waals surface area contributed by atoms with E-state index in [0.717, 1.165) is 0 Å². The Labute approximate surface area is 152 Å². The van der Waals surface area contributed by atoms with Crippen LogP contribution in [0, 0.1) is 0 Å². The monoisotopic (exact) mass is 240 g/mol. The van der Waals surface area contributed by atoms with Crippen LogP contribution in [0.4, 0.5) is 0 Å². The van der Waals surface area contributed by atoms with E-state index >= 15 is 0 Å². The maximum absolute atomic E-state index is 10.0. The van der Waals surface area contributed by atoms with Gasteiger partial charge in [0.25, 0.3) is 0 Å². The summed E-state index contributed by atoms with van der Waals surface area (Å²) in [5, 5.41) is 29.7. The molecule has 0 aliphatic carbocycles. The molecule has 0 aromatic heterocycles. The van der Waals surface area contributed by atoms with Crippen molar-refractivity contribution < 1.29 is 118 Å². The van der Waals surface area contributed by atoms with Gasteiger partial charge in [-0.3, -0.25) is 0 Å². The molecule has 6 nitrogen and oxygen atoms in total. The van der Waals surface area contributed by atoms with Crippen molar-refractivity contribution in [1.29, 1.82) is 0 Å². The van der Waals surface area contributed by atoms with E-state index in [0.29, 0.717) is 0 Å². The van der Waals surface area contributed by atoms with Crippen molar-refractivity contribution in [3.8, 4) is 0 Å². The summed E-state index contributed by atoms with van der Waals surface area (Å²) in [6, 6.07) is 0. The number of carboxylic acid groups (broad SMARTS) is 3. The van der Waals surface area contributed by atoms with Crippen LogP contribution in [-0.2, 0) is 14.4 Å². The number of hydrogen-bond acceptors (Lipinski definition) is 6. The average Bonchev–Trinajstić information content (AvgIpc) is 1.83. The van der Waals surface area contributed by atoms with E-state index in [2.05, 4.69) is 0 Å². The summed E-state index contributed by atoms with van der Waals surface area (Å²) in [5.74, 6) is -5.37. The second-order valence-corrected chi connectivity index (χ2v) is 1.82. The molecule has 0 amide bonds. The molecule has 0 N–H and O–H groups in total. The summed E-state index contributed by atoms with van der Waals surface area (Å²) >= 11 is 0. The molecule has 0 saturated carbocycles. The van der Waals surface area contributed by atoms with Crippen molar-refractivity contribution in [2.75, 3.05) is 0 Å². The molecule has 0 saturated heterocycles. The molecule has 0 radical (unpaired) electrons. The van der Waals surface area contributed by atoms with Crippen LogP contribution in [-0.4, -0.2) is 17.9 Å². The van der Waals surface area contributed by atoms with Gasteiger partial charge in [-0.2, -0.15) is 0 Å². The first-order valence-electron chi connectivity index (χ1n) is 2.76. The maximum Gasteiger partial charge on any atom is 1.00 e. The number of hydrogen-bond donors (Lipinski definition) is 0. The Kier molecular flexibility index (Phi) is 22.1. The molecule has 0 atom stereocenters. The van der Waals surface area contributed by atoms with Crippen LogP contribution in [0.2, 0.25) is 0 Å². The molecule has 0 unspecified atom stereocenters. The van der Waals surface area contributed by atoms with E-state index in [1.165, 1.54) is 0 Å². The van der Waals surface area contributed by atoms with Crippen LogP contribution >= 0.6 is 0 Å². The van der Waals surface area contributed by atoms with Crippen molar-refractivity contribution >= 4 is 17.9 Å². The SMILES string of the molecule is O=C([O-])C=C(CC(=O)[O-])C(=O)[O-].[Na+].[Na+].[Na+]. The van der Waals surface area contributed by atoms with Gasteiger partial charge in [0.05, 0.1) is 11.9 Å². The van der Waals surface area contributed by atoms with Crippen LogP contribution in [0.15, 0.2) is 11.6 Å². The zero-order valence-corrected chi connectivity index (χ0v) is 14.7. The molecule has 0 aromatic carbocycles. The standard InChI is InChI=1S/C6H6O6.3Na/c7-4(8)1-3(6(11)12)2-5(9)10;;;/h1H,2H2,(H,7,8)(H,9,10)(H,11,12);;;/q;3*+1/p-3. The first-order valence-corrected chi connectivity index (χ1v) is 2.76. The first kappa shape index (κ1) is 25.1. The molecule has 0 spiro atoms. The molecular formula is C6H3Na3O6. The van der Waals surface area contributed by atoms with Gasteiger partial charge in [-0.1, -0.05) is 0 Å². The Morgan fingerprint density at radius 2 is 1.33 bits per heavy atom. The summed E-state index contributed by atoms with van der Waals surface area (Å²) in [7, 11) is 0. The smallest absolute Gasteiger partial charge is 0.550 e. The molecule has 0 fully saturated rings. The van der Waals surface area contributed by atoms with E-state index in [1.807, 2.05) is 0 Å². The third-order valence-corrected chi connectivity index (χ3v) is 0.889. The normalized spacial score (nSPS) is 8.67. The molecule has 0 aliphatic heterocycles. The van der Waals surface area contributed by atoms with Gasteiger partial charge >= 0.3 is 88.7 Å². The summed E-state index contributed by atoms with van der Waals surface area (Å²) in [6.07, 6.45) is -0.874. The Balaban J connectivity index is -0.000000202. The average molecular weight is 240 g/mol. The number of carbonyl (C=O) groups is 3. The van der Waals surface area contributed by atoms with E-state index in [-0.39, 0.29) is 94.7 Å². The Morgan fingerprint density at radius 1 is 0.933 bits per heavy atom. The van der Waals surface area contributed by atoms with Crippen LogP contribution in [0.25, 0.3) is 0 Å². The van der Waals surface area contributed by atoms with E-state index < -0.39 is 29.9 Å². The van der Waals surface area contributed by atoms with Gasteiger partial charge in [0.15, 0.2) is 0 Å². The van der Waals surface area contributed by atoms with Gasteiger partial charge in [0.1, 0.15) is 0 Å². The number of aliphatic carboxylic acids is 3. The van der Waals surface area contributed by atoms with Crippen molar-refractivity contribution in [2.24, 2.45) is 0 Å². The fourth-order valence-corrected chi connectivity index (χ4v) is 0.480. The molecule has 15 heavy (non-hydrogen) atoms. The summed E-state index contributed by atoms with van der Waals surface area (Å²) in [6.45, 7) is 0. The first-order chi connectivity index (χ1) is 5.43. The summed E-state index contributed by atoms with van der Waals surface area (Å²) in [5.41, 5.74) is -0.894. The maximum atomic E-state index is 10.0. The Bertz CT molecular complexity index is 262. The van der Waals surface area contributed by atoms with E-state index in [4.69, 9.17) is 0 Å². The fourth-order valence-electron chi connectivity index (χ4n) is 0.480. The third-order valence-electron chi connectivity index (χ3n) is 0.889. The second-order valence-electron chi connectivity index (χ2n) is 1.82. The minimum atomic E-state index is -1.87. The molecule has 0 aromatic rings. The fraction of sp³-hybridized carbons (Fsp3) is 0.167. The van der Waals surface area contributed by atoms with Crippen molar-refractivity contribution in [1.82, 2.24) is 0 Å². The predicted molar refractivity (Wildman–Crippen MR) is 27.7 cm³/mol. The number of carboxylic acids is 3. The van der Waals surface area contributed by atoms with Crippen molar-refractivity contribution in [2.45, 2.75) is 6.42 Å². The minimum absolute atomic E-state index is 0. The largest absolute Gasteiger partial charge is 1.00 e. The van der Waals surface area contributed by atoms with Crippen LogP contribution < -0.4 is 104 Å². The number of carbonyl (C=O) groups excluding carboxylic acids is 3. The molecule has 0 aliphatic rings. The summed E-state index contributed by atoms with van der Waals surface area (Å²) in [4.78, 5) is 29.7. The molecule has 9 heteroatoms. The van der Waals surface area contributed by atoms with Gasteiger partial charge in [-0.25, -0.2) is 0 Å². The van der Waals surface area contributed by atoms with Gasteiger partial charge < -0.3 is 29.7 Å². The Morgan fingerprint density at radius 3 is 1.53 bits per heavy atom. The molecule has 66 valence electrons.